The van der Waals surface area contributed by atoms with Crippen molar-refractivity contribution in [1.29, 1.82) is 0 Å². The van der Waals surface area contributed by atoms with Gasteiger partial charge in [0.05, 0.1) is 13.0 Å². The van der Waals surface area contributed by atoms with Crippen molar-refractivity contribution < 1.29 is 14.3 Å². The molecule has 0 radical (unpaired) electrons. The topological polar surface area (TPSA) is 47.9 Å². The first kappa shape index (κ1) is 15.5. The molecule has 5 heteroatoms. The first-order valence-corrected chi connectivity index (χ1v) is 7.95. The first-order chi connectivity index (χ1) is 11.2. The zero-order valence-corrected chi connectivity index (χ0v) is 13.8. The molecule has 0 unspecified atom stereocenters. The minimum absolute atomic E-state index is 0.304. The number of halogens is 1. The van der Waals surface area contributed by atoms with Crippen molar-refractivity contribution in [3.8, 4) is 5.75 Å². The van der Waals surface area contributed by atoms with E-state index in [-0.39, 0.29) is 0 Å². The molecule has 2 aromatic carbocycles. The fraction of sp³-hybridized carbons (Fsp3) is 0.111. The van der Waals surface area contributed by atoms with Crippen LogP contribution in [0.15, 0.2) is 69.8 Å². The second-order valence-corrected chi connectivity index (χ2v) is 5.81. The van der Waals surface area contributed by atoms with Gasteiger partial charge in [-0.1, -0.05) is 46.3 Å². The Balaban J connectivity index is 1.62. The van der Waals surface area contributed by atoms with Gasteiger partial charge in [-0.15, -0.1) is 0 Å². The number of carbonyl (C=O) groups is 1. The summed E-state index contributed by atoms with van der Waals surface area (Å²) in [5, 5.41) is 0. The lowest BCUT2D eigenvalue weighted by atomic mass is 10.2. The van der Waals surface area contributed by atoms with Gasteiger partial charge in [-0.2, -0.15) is 0 Å². The number of hydrogen-bond acceptors (Lipinski definition) is 4. The molecule has 0 saturated carbocycles. The van der Waals surface area contributed by atoms with E-state index in [1.165, 1.54) is 0 Å². The predicted octanol–water partition coefficient (Wildman–Crippen LogP) is 4.21. The summed E-state index contributed by atoms with van der Waals surface area (Å²) >= 11 is 3.40. The van der Waals surface area contributed by atoms with Crippen molar-refractivity contribution in [3.63, 3.8) is 0 Å². The number of benzene rings is 2. The molecule has 1 aliphatic heterocycles. The highest BCUT2D eigenvalue weighted by Gasteiger charge is 2.22. The Hall–Kier alpha value is -2.40. The number of aliphatic imine (C=N–C) groups is 1. The van der Waals surface area contributed by atoms with E-state index >= 15 is 0 Å². The molecule has 3 rings (SSSR count). The summed E-state index contributed by atoms with van der Waals surface area (Å²) in [6.07, 6.45) is 2.15. The monoisotopic (exact) mass is 371 g/mol. The summed E-state index contributed by atoms with van der Waals surface area (Å²) in [5.74, 6) is 0.731. The van der Waals surface area contributed by atoms with Gasteiger partial charge in [0.1, 0.15) is 5.75 Å². The van der Waals surface area contributed by atoms with E-state index in [9.17, 15) is 4.79 Å². The molecule has 2 aromatic rings. The molecule has 4 nitrogen and oxygen atoms in total. The average molecular weight is 372 g/mol. The normalized spacial score (nSPS) is 15.4. The maximum Gasteiger partial charge on any atom is 0.363 e. The Morgan fingerprint density at radius 1 is 1.13 bits per heavy atom. The molecule has 0 N–H and O–H groups in total. The maximum atomic E-state index is 11.8. The lowest BCUT2D eigenvalue weighted by Gasteiger charge is -2.04. The number of hydrogen-bond donors (Lipinski definition) is 0. The van der Waals surface area contributed by atoms with Gasteiger partial charge >= 0.3 is 5.97 Å². The molecule has 0 saturated heterocycles. The van der Waals surface area contributed by atoms with Gasteiger partial charge in [0.2, 0.25) is 5.90 Å². The third-order valence-electron chi connectivity index (χ3n) is 3.14. The molecule has 0 spiro atoms. The second-order valence-electron chi connectivity index (χ2n) is 4.89. The van der Waals surface area contributed by atoms with E-state index in [1.54, 1.807) is 6.08 Å². The number of rotatable bonds is 5. The summed E-state index contributed by atoms with van der Waals surface area (Å²) in [4.78, 5) is 16.1. The van der Waals surface area contributed by atoms with Crippen LogP contribution in [-0.2, 0) is 9.53 Å². The summed E-state index contributed by atoms with van der Waals surface area (Å²) in [6, 6.07) is 17.1. The summed E-state index contributed by atoms with van der Waals surface area (Å²) < 4.78 is 11.7. The molecule has 1 aliphatic rings. The van der Waals surface area contributed by atoms with Crippen LogP contribution in [0.4, 0.5) is 0 Å². The SMILES string of the molecule is O=C1OC(CCOc2ccccc2)=N/C1=C/c1cccc(Br)c1. The number of cyclic esters (lactones) is 1. The summed E-state index contributed by atoms with van der Waals surface area (Å²) in [5.41, 5.74) is 1.19. The zero-order valence-electron chi connectivity index (χ0n) is 12.2. The second kappa shape index (κ2) is 7.24. The summed E-state index contributed by atoms with van der Waals surface area (Å²) in [7, 11) is 0. The first-order valence-electron chi connectivity index (χ1n) is 7.15. The van der Waals surface area contributed by atoms with Gasteiger partial charge in [-0.05, 0) is 35.9 Å². The quantitative estimate of drug-likeness (QED) is 0.584. The van der Waals surface area contributed by atoms with E-state index in [2.05, 4.69) is 20.9 Å². The number of nitrogens with zero attached hydrogens (tertiary/aromatic N) is 1. The minimum atomic E-state index is -0.431. The van der Waals surface area contributed by atoms with Crippen molar-refractivity contribution >= 4 is 33.9 Å². The van der Waals surface area contributed by atoms with E-state index in [0.717, 1.165) is 15.8 Å². The lowest BCUT2D eigenvalue weighted by molar-refractivity contribution is -0.130. The Labute approximate surface area is 142 Å². The molecule has 0 aromatic heterocycles. The van der Waals surface area contributed by atoms with Gasteiger partial charge in [0.25, 0.3) is 0 Å². The maximum absolute atomic E-state index is 11.8. The molecule has 0 bridgehead atoms. The van der Waals surface area contributed by atoms with Crippen molar-refractivity contribution in [1.82, 2.24) is 0 Å². The van der Waals surface area contributed by atoms with Crippen molar-refractivity contribution in [2.45, 2.75) is 6.42 Å². The van der Waals surface area contributed by atoms with Crippen LogP contribution in [-0.4, -0.2) is 18.5 Å². The van der Waals surface area contributed by atoms with Gasteiger partial charge < -0.3 is 9.47 Å². The minimum Gasteiger partial charge on any atom is -0.493 e. The highest BCUT2D eigenvalue weighted by molar-refractivity contribution is 9.10. The van der Waals surface area contributed by atoms with E-state index in [0.29, 0.717) is 24.6 Å². The van der Waals surface area contributed by atoms with E-state index in [1.807, 2.05) is 54.6 Å². The van der Waals surface area contributed by atoms with Crippen molar-refractivity contribution in [2.24, 2.45) is 4.99 Å². The van der Waals surface area contributed by atoms with Crippen LogP contribution in [0, 0.1) is 0 Å². The van der Waals surface area contributed by atoms with Gasteiger partial charge in [0, 0.05) is 4.47 Å². The van der Waals surface area contributed by atoms with Crippen LogP contribution in [0.1, 0.15) is 12.0 Å². The highest BCUT2D eigenvalue weighted by atomic mass is 79.9. The molecule has 1 heterocycles. The largest absolute Gasteiger partial charge is 0.493 e. The standard InChI is InChI=1S/C18H14BrNO3/c19-14-6-4-5-13(11-14)12-16-18(21)23-17(20-16)9-10-22-15-7-2-1-3-8-15/h1-8,11-12H,9-10H2/b16-12+. The van der Waals surface area contributed by atoms with Gasteiger partial charge in [0.15, 0.2) is 5.70 Å². The van der Waals surface area contributed by atoms with Crippen molar-refractivity contribution in [2.75, 3.05) is 6.61 Å². The average Bonchev–Trinajstić information content (AvgIpc) is 2.88. The number of esters is 1. The number of carbonyl (C=O) groups excluding carboxylic acids is 1. The third-order valence-corrected chi connectivity index (χ3v) is 3.64. The van der Waals surface area contributed by atoms with Crippen LogP contribution < -0.4 is 4.74 Å². The fourth-order valence-corrected chi connectivity index (χ4v) is 2.50. The van der Waals surface area contributed by atoms with Crippen LogP contribution >= 0.6 is 15.9 Å². The van der Waals surface area contributed by atoms with Crippen LogP contribution in [0.3, 0.4) is 0 Å². The van der Waals surface area contributed by atoms with E-state index in [4.69, 9.17) is 9.47 Å². The highest BCUT2D eigenvalue weighted by Crippen LogP contribution is 2.19. The molecule has 0 fully saturated rings. The molecule has 0 amide bonds. The number of para-hydroxylation sites is 1. The molecule has 0 aliphatic carbocycles. The Kier molecular flexibility index (Phi) is 4.88. The predicted molar refractivity (Wildman–Crippen MR) is 92.2 cm³/mol. The van der Waals surface area contributed by atoms with Crippen LogP contribution in [0.5, 0.6) is 5.75 Å². The van der Waals surface area contributed by atoms with Crippen molar-refractivity contribution in [3.05, 3.63) is 70.3 Å². The van der Waals surface area contributed by atoms with Crippen LogP contribution in [0.2, 0.25) is 0 Å². The smallest absolute Gasteiger partial charge is 0.363 e. The Morgan fingerprint density at radius 3 is 2.74 bits per heavy atom. The zero-order chi connectivity index (χ0) is 16.1. The molecule has 23 heavy (non-hydrogen) atoms. The fourth-order valence-electron chi connectivity index (χ4n) is 2.09. The molecular formula is C18H14BrNO3. The van der Waals surface area contributed by atoms with Gasteiger partial charge in [-0.25, -0.2) is 9.79 Å². The van der Waals surface area contributed by atoms with Crippen LogP contribution in [0.25, 0.3) is 6.08 Å². The Bertz CT molecular complexity index is 769. The van der Waals surface area contributed by atoms with Gasteiger partial charge in [-0.3, -0.25) is 0 Å². The summed E-state index contributed by atoms with van der Waals surface area (Å²) in [6.45, 7) is 0.403. The lowest BCUT2D eigenvalue weighted by Crippen LogP contribution is -2.08. The molecule has 116 valence electrons. The Morgan fingerprint density at radius 2 is 1.96 bits per heavy atom. The van der Waals surface area contributed by atoms with E-state index < -0.39 is 5.97 Å². The molecule has 0 atom stereocenters. The third kappa shape index (κ3) is 4.29. The number of ether oxygens (including phenoxy) is 2. The molecular weight excluding hydrogens is 358 g/mol.